The van der Waals surface area contributed by atoms with E-state index in [1.807, 2.05) is 36.4 Å². The Balaban J connectivity index is 2.18. The van der Waals surface area contributed by atoms with Crippen LogP contribution in [0.4, 0.5) is 0 Å². The van der Waals surface area contributed by atoms with E-state index < -0.39 is 0 Å². The van der Waals surface area contributed by atoms with Crippen LogP contribution in [0.1, 0.15) is 11.4 Å². The van der Waals surface area contributed by atoms with Gasteiger partial charge in [0.05, 0.1) is 0 Å². The van der Waals surface area contributed by atoms with Gasteiger partial charge in [0.15, 0.2) is 0 Å². The van der Waals surface area contributed by atoms with E-state index in [1.54, 1.807) is 0 Å². The molecule has 0 saturated carbocycles. The molecule has 2 aromatic rings. The van der Waals surface area contributed by atoms with E-state index in [0.29, 0.717) is 10.6 Å². The largest absolute Gasteiger partial charge is 0.282 e. The maximum Gasteiger partial charge on any atom is 0.213 e. The molecule has 1 aromatic carbocycles. The molecule has 0 atom stereocenters. The normalized spacial score (nSPS) is 11.0. The third kappa shape index (κ3) is 2.78. The third-order valence-corrected chi connectivity index (χ3v) is 2.27. The second kappa shape index (κ2) is 4.42. The molecule has 0 bridgehead atoms. The topological polar surface area (TPSA) is 44.5 Å². The molecule has 1 heterocycles. The van der Waals surface area contributed by atoms with E-state index in [2.05, 4.69) is 15.2 Å². The van der Waals surface area contributed by atoms with Crippen LogP contribution in [0.2, 0.25) is 5.02 Å². The Morgan fingerprint density at radius 2 is 1.87 bits per heavy atom. The van der Waals surface area contributed by atoms with Crippen LogP contribution >= 0.6 is 23.8 Å². The summed E-state index contributed by atoms with van der Waals surface area (Å²) in [6.45, 7) is 0. The van der Waals surface area contributed by atoms with Gasteiger partial charge in [0.25, 0.3) is 0 Å². The van der Waals surface area contributed by atoms with E-state index in [0.717, 1.165) is 10.6 Å². The number of benzene rings is 1. The Morgan fingerprint density at radius 3 is 2.47 bits per heavy atom. The quantitative estimate of drug-likeness (QED) is 0.788. The number of halogens is 1. The lowest BCUT2D eigenvalue weighted by Crippen LogP contribution is -1.75. The minimum atomic E-state index is 0.450. The maximum atomic E-state index is 5.77. The van der Waals surface area contributed by atoms with E-state index in [9.17, 15) is 0 Å². The Labute approximate surface area is 96.8 Å². The highest BCUT2D eigenvalue weighted by atomic mass is 35.5. The Morgan fingerprint density at radius 1 is 1.13 bits per heavy atom. The minimum absolute atomic E-state index is 0.450. The summed E-state index contributed by atoms with van der Waals surface area (Å²) >= 11 is 10.6. The van der Waals surface area contributed by atoms with Gasteiger partial charge in [-0.15, -0.1) is 0 Å². The van der Waals surface area contributed by atoms with Gasteiger partial charge in [0.2, 0.25) is 4.77 Å². The van der Waals surface area contributed by atoms with E-state index >= 15 is 0 Å². The molecule has 0 saturated heterocycles. The van der Waals surface area contributed by atoms with Gasteiger partial charge in [-0.05, 0) is 36.0 Å². The fourth-order valence-corrected chi connectivity index (χ4v) is 1.39. The fourth-order valence-electron chi connectivity index (χ4n) is 1.11. The first-order chi connectivity index (χ1) is 7.24. The predicted octanol–water partition coefficient (Wildman–Crippen LogP) is 3.29. The molecule has 0 radical (unpaired) electrons. The van der Waals surface area contributed by atoms with Crippen molar-refractivity contribution in [2.24, 2.45) is 0 Å². The molecule has 0 spiro atoms. The molecule has 0 aliphatic rings. The number of nitrogens with one attached hydrogen (secondary N) is 2. The van der Waals surface area contributed by atoms with Crippen LogP contribution in [0.5, 0.6) is 0 Å². The average molecular weight is 238 g/mol. The van der Waals surface area contributed by atoms with Crippen molar-refractivity contribution in [3.05, 3.63) is 45.4 Å². The lowest BCUT2D eigenvalue weighted by Gasteiger charge is -1.92. The predicted molar refractivity (Wildman–Crippen MR) is 64.2 cm³/mol. The highest BCUT2D eigenvalue weighted by molar-refractivity contribution is 7.71. The number of hydrogen-bond donors (Lipinski definition) is 2. The van der Waals surface area contributed by atoms with Crippen LogP contribution in [0, 0.1) is 4.77 Å². The van der Waals surface area contributed by atoms with Crippen molar-refractivity contribution in [3.8, 4) is 0 Å². The van der Waals surface area contributed by atoms with Crippen LogP contribution in [-0.4, -0.2) is 15.2 Å². The first kappa shape index (κ1) is 10.1. The van der Waals surface area contributed by atoms with Gasteiger partial charge >= 0.3 is 0 Å². The zero-order chi connectivity index (χ0) is 10.7. The molecule has 0 fully saturated rings. The van der Waals surface area contributed by atoms with Crippen LogP contribution in [0.25, 0.3) is 12.2 Å². The summed E-state index contributed by atoms with van der Waals surface area (Å²) in [5, 5.41) is 6.28. The summed E-state index contributed by atoms with van der Waals surface area (Å²) in [5.41, 5.74) is 1.06. The van der Waals surface area contributed by atoms with Crippen molar-refractivity contribution >= 4 is 36.0 Å². The van der Waals surface area contributed by atoms with Crippen molar-refractivity contribution in [3.63, 3.8) is 0 Å². The molecule has 0 amide bonds. The molecular formula is C10H8ClN3S. The second-order valence-corrected chi connectivity index (χ2v) is 3.76. The van der Waals surface area contributed by atoms with Crippen molar-refractivity contribution < 1.29 is 0 Å². The van der Waals surface area contributed by atoms with Gasteiger partial charge in [-0.2, -0.15) is 0 Å². The van der Waals surface area contributed by atoms with Crippen LogP contribution < -0.4 is 0 Å². The Bertz CT molecular complexity index is 524. The SMILES string of the molecule is S=c1nc(C=Cc2ccc(Cl)cc2)[nH][nH]1. The first-order valence-electron chi connectivity index (χ1n) is 4.32. The highest BCUT2D eigenvalue weighted by Gasteiger charge is 1.90. The molecule has 15 heavy (non-hydrogen) atoms. The van der Waals surface area contributed by atoms with Crippen molar-refractivity contribution in [2.45, 2.75) is 0 Å². The van der Waals surface area contributed by atoms with Crippen molar-refractivity contribution in [1.82, 2.24) is 15.2 Å². The van der Waals surface area contributed by atoms with E-state index in [1.165, 1.54) is 0 Å². The van der Waals surface area contributed by atoms with Crippen LogP contribution in [0.3, 0.4) is 0 Å². The van der Waals surface area contributed by atoms with E-state index in [4.69, 9.17) is 23.8 Å². The first-order valence-corrected chi connectivity index (χ1v) is 5.11. The smallest absolute Gasteiger partial charge is 0.213 e. The molecule has 3 nitrogen and oxygen atoms in total. The standard InChI is InChI=1S/C10H8ClN3S/c11-8-4-1-7(2-5-8)3-6-9-12-10(15)14-13-9/h1-6H,(H2,12,13,14,15). The van der Waals surface area contributed by atoms with Crippen LogP contribution in [0.15, 0.2) is 24.3 Å². The minimum Gasteiger partial charge on any atom is -0.282 e. The molecule has 2 rings (SSSR count). The average Bonchev–Trinajstić information content (AvgIpc) is 2.64. The fraction of sp³-hybridized carbons (Fsp3) is 0. The summed E-state index contributed by atoms with van der Waals surface area (Å²) in [4.78, 5) is 4.03. The van der Waals surface area contributed by atoms with E-state index in [-0.39, 0.29) is 0 Å². The molecule has 0 unspecified atom stereocenters. The molecule has 2 N–H and O–H groups in total. The molecule has 1 aromatic heterocycles. The summed E-state index contributed by atoms with van der Waals surface area (Å²) in [5.74, 6) is 0.704. The monoisotopic (exact) mass is 237 g/mol. The number of rotatable bonds is 2. The molecule has 0 aliphatic heterocycles. The van der Waals surface area contributed by atoms with Gasteiger partial charge in [-0.3, -0.25) is 10.2 Å². The lowest BCUT2D eigenvalue weighted by atomic mass is 10.2. The number of hydrogen-bond acceptors (Lipinski definition) is 2. The summed E-state index contributed by atoms with van der Waals surface area (Å²) in [7, 11) is 0. The summed E-state index contributed by atoms with van der Waals surface area (Å²) in [6.07, 6.45) is 3.77. The van der Waals surface area contributed by atoms with Crippen LogP contribution in [-0.2, 0) is 0 Å². The van der Waals surface area contributed by atoms with Crippen molar-refractivity contribution in [2.75, 3.05) is 0 Å². The lowest BCUT2D eigenvalue weighted by molar-refractivity contribution is 1.07. The molecular weight excluding hydrogens is 230 g/mol. The van der Waals surface area contributed by atoms with Gasteiger partial charge in [0.1, 0.15) is 5.82 Å². The second-order valence-electron chi connectivity index (χ2n) is 2.94. The van der Waals surface area contributed by atoms with Crippen molar-refractivity contribution in [1.29, 1.82) is 0 Å². The zero-order valence-corrected chi connectivity index (χ0v) is 9.27. The maximum absolute atomic E-state index is 5.77. The van der Waals surface area contributed by atoms with Gasteiger partial charge in [-0.25, -0.2) is 4.98 Å². The molecule has 76 valence electrons. The highest BCUT2D eigenvalue weighted by Crippen LogP contribution is 2.11. The van der Waals surface area contributed by atoms with Gasteiger partial charge < -0.3 is 0 Å². The van der Waals surface area contributed by atoms with Gasteiger partial charge in [-0.1, -0.05) is 29.8 Å². The molecule has 5 heteroatoms. The number of H-pyrrole nitrogens is 2. The summed E-state index contributed by atoms with van der Waals surface area (Å²) in [6, 6.07) is 7.54. The summed E-state index contributed by atoms with van der Waals surface area (Å²) < 4.78 is 0.450. The third-order valence-electron chi connectivity index (χ3n) is 1.82. The Kier molecular flexibility index (Phi) is 2.99. The number of nitrogens with zero attached hydrogens (tertiary/aromatic N) is 1. The molecule has 0 aliphatic carbocycles. The van der Waals surface area contributed by atoms with Gasteiger partial charge in [0, 0.05) is 5.02 Å². The zero-order valence-electron chi connectivity index (χ0n) is 7.70. The Hall–Kier alpha value is -1.39. The number of aromatic nitrogens is 3. The number of aromatic amines is 2.